The number of anilines is 1. The molecule has 0 spiro atoms. The minimum Gasteiger partial charge on any atom is -0.493 e. The molecule has 1 aromatic heterocycles. The summed E-state index contributed by atoms with van der Waals surface area (Å²) in [6.07, 6.45) is 6.84. The fraction of sp³-hybridized carbons (Fsp3) is 0.531. The van der Waals surface area contributed by atoms with E-state index in [-0.39, 0.29) is 49.7 Å². The van der Waals surface area contributed by atoms with Gasteiger partial charge in [-0.05, 0) is 36.1 Å². The Morgan fingerprint density at radius 3 is 2.74 bits per heavy atom. The van der Waals surface area contributed by atoms with Crippen LogP contribution < -0.4 is 14.2 Å². The number of amides is 4. The Morgan fingerprint density at radius 2 is 2.00 bits per heavy atom. The van der Waals surface area contributed by atoms with Crippen LogP contribution in [0.3, 0.4) is 0 Å². The number of carbonyl (C=O) groups excluding carboxylic acids is 3. The summed E-state index contributed by atoms with van der Waals surface area (Å²) in [5, 5.41) is 10.6. The molecule has 0 unspecified atom stereocenters. The number of rotatable bonds is 11. The molecule has 2 saturated heterocycles. The lowest BCUT2D eigenvalue weighted by Gasteiger charge is -2.34. The lowest BCUT2D eigenvalue weighted by molar-refractivity contribution is -0.670. The highest BCUT2D eigenvalue weighted by Gasteiger charge is 2.48. The molecular formula is C32H42N5O6+. The summed E-state index contributed by atoms with van der Waals surface area (Å²) in [4.78, 5) is 58.8. The maximum Gasteiger partial charge on any atom is 0.326 e. The Labute approximate surface area is 252 Å². The summed E-state index contributed by atoms with van der Waals surface area (Å²) in [7, 11) is 3.57. The van der Waals surface area contributed by atoms with Crippen molar-refractivity contribution in [1.82, 2.24) is 14.7 Å². The lowest BCUT2D eigenvalue weighted by Crippen LogP contribution is -2.52. The number of carboxylic acids is 1. The second kappa shape index (κ2) is 13.1. The van der Waals surface area contributed by atoms with Gasteiger partial charge >= 0.3 is 12.0 Å². The molecule has 5 rings (SSSR count). The number of nitrogens with zero attached hydrogens (tertiary/aromatic N) is 5. The molecule has 11 heteroatoms. The van der Waals surface area contributed by atoms with E-state index in [9.17, 15) is 24.3 Å². The molecule has 3 aliphatic heterocycles. The Bertz CT molecular complexity index is 1380. The molecule has 0 aliphatic carbocycles. The standard InChI is InChI=1S/C32H41N5O6/c1-4-5-14-36(24-7-6-13-33(2)19-24)29(39)21-35-20-25(22-8-9-27-23(18-22)12-17-43-27)30(31(40)41)26(35)10-16-37-28(38)11-15-34(3)32(37)42/h6-9,13,18-19,25-26,30H,4-5,10-12,14-17,20-21H2,1-3H3/p+1/t25-,26+,30-/m1/s1. The van der Waals surface area contributed by atoms with Gasteiger partial charge in [0.2, 0.25) is 11.8 Å². The SMILES string of the molecule is CCCCN(C(=O)CN1C[C@H](c2ccc3c(c2)CCO3)[C@@H](C(=O)O)[C@@H]1CCN1C(=O)CCN(C)C1=O)c1ccc[n+](C)c1. The molecule has 1 N–H and O–H groups in total. The number of imide groups is 1. The van der Waals surface area contributed by atoms with Gasteiger partial charge in [0.25, 0.3) is 0 Å². The molecular weight excluding hydrogens is 550 g/mol. The zero-order chi connectivity index (χ0) is 30.7. The number of aliphatic carboxylic acids is 1. The van der Waals surface area contributed by atoms with Gasteiger partial charge in [0.15, 0.2) is 12.4 Å². The van der Waals surface area contributed by atoms with Crippen LogP contribution in [0, 0.1) is 5.92 Å². The van der Waals surface area contributed by atoms with Gasteiger partial charge in [-0.2, -0.15) is 0 Å². The monoisotopic (exact) mass is 592 g/mol. The summed E-state index contributed by atoms with van der Waals surface area (Å²) >= 11 is 0. The third kappa shape index (κ3) is 6.51. The van der Waals surface area contributed by atoms with Crippen molar-refractivity contribution in [3.63, 3.8) is 0 Å². The largest absolute Gasteiger partial charge is 0.493 e. The topological polar surface area (TPSA) is 115 Å². The molecule has 230 valence electrons. The molecule has 3 atom stereocenters. The van der Waals surface area contributed by atoms with Crippen LogP contribution in [0.5, 0.6) is 5.75 Å². The van der Waals surface area contributed by atoms with E-state index in [1.807, 2.05) is 59.2 Å². The molecule has 3 aliphatic rings. The first-order valence-electron chi connectivity index (χ1n) is 15.2. The number of urea groups is 1. The van der Waals surface area contributed by atoms with E-state index >= 15 is 0 Å². The summed E-state index contributed by atoms with van der Waals surface area (Å²) in [6, 6.07) is 8.76. The first kappa shape index (κ1) is 30.5. The normalized spacial score (nSPS) is 22.1. The van der Waals surface area contributed by atoms with E-state index in [4.69, 9.17) is 4.74 Å². The maximum absolute atomic E-state index is 14.0. The average Bonchev–Trinajstić information content (AvgIpc) is 3.59. The first-order valence-corrected chi connectivity index (χ1v) is 15.2. The Balaban J connectivity index is 1.44. The number of hydrogen-bond donors (Lipinski definition) is 1. The molecule has 1 aromatic carbocycles. The van der Waals surface area contributed by atoms with Gasteiger partial charge in [-0.25, -0.2) is 9.36 Å². The molecule has 43 heavy (non-hydrogen) atoms. The second-order valence-corrected chi connectivity index (χ2v) is 11.8. The minimum absolute atomic E-state index is 0.0309. The molecule has 11 nitrogen and oxygen atoms in total. The summed E-state index contributed by atoms with van der Waals surface area (Å²) < 4.78 is 7.58. The van der Waals surface area contributed by atoms with Gasteiger partial charge in [0, 0.05) is 64.1 Å². The van der Waals surface area contributed by atoms with Gasteiger partial charge in [-0.1, -0.05) is 25.5 Å². The highest BCUT2D eigenvalue weighted by Crippen LogP contribution is 2.41. The van der Waals surface area contributed by atoms with Crippen LogP contribution in [0.4, 0.5) is 10.5 Å². The van der Waals surface area contributed by atoms with Crippen LogP contribution >= 0.6 is 0 Å². The van der Waals surface area contributed by atoms with E-state index in [1.165, 1.54) is 9.80 Å². The first-order chi connectivity index (χ1) is 20.7. The van der Waals surface area contributed by atoms with Crippen LogP contribution in [-0.2, 0) is 27.9 Å². The number of hydrogen-bond acceptors (Lipinski definition) is 6. The van der Waals surface area contributed by atoms with E-state index in [0.29, 0.717) is 26.2 Å². The fourth-order valence-electron chi connectivity index (χ4n) is 6.62. The van der Waals surface area contributed by atoms with Crippen LogP contribution in [0.2, 0.25) is 0 Å². The molecule has 2 aromatic rings. The van der Waals surface area contributed by atoms with Crippen LogP contribution in [0.25, 0.3) is 0 Å². The zero-order valence-electron chi connectivity index (χ0n) is 25.3. The predicted octanol–water partition coefficient (Wildman–Crippen LogP) is 2.42. The van der Waals surface area contributed by atoms with Gasteiger partial charge in [0.1, 0.15) is 18.5 Å². The van der Waals surface area contributed by atoms with Crippen molar-refractivity contribution in [2.24, 2.45) is 13.0 Å². The van der Waals surface area contributed by atoms with E-state index < -0.39 is 17.9 Å². The number of unbranched alkanes of at least 4 members (excludes halogenated alkanes) is 1. The van der Waals surface area contributed by atoms with Crippen LogP contribution in [0.15, 0.2) is 42.7 Å². The van der Waals surface area contributed by atoms with Crippen molar-refractivity contribution in [2.45, 2.75) is 51.0 Å². The molecule has 0 radical (unpaired) electrons. The number of pyridine rings is 1. The zero-order valence-corrected chi connectivity index (χ0v) is 25.3. The molecule has 0 bridgehead atoms. The van der Waals surface area contributed by atoms with Crippen molar-refractivity contribution < 1.29 is 33.6 Å². The number of fused-ring (bicyclic) bond motifs is 1. The van der Waals surface area contributed by atoms with Gasteiger partial charge in [0.05, 0.1) is 19.1 Å². The third-order valence-corrected chi connectivity index (χ3v) is 8.95. The molecule has 2 fully saturated rings. The quantitative estimate of drug-likeness (QED) is 0.399. The molecule has 0 saturated carbocycles. The minimum atomic E-state index is -0.951. The summed E-state index contributed by atoms with van der Waals surface area (Å²) in [6.45, 7) is 4.10. The second-order valence-electron chi connectivity index (χ2n) is 11.8. The Hall–Kier alpha value is -3.99. The van der Waals surface area contributed by atoms with Crippen molar-refractivity contribution in [3.05, 3.63) is 53.9 Å². The number of aryl methyl sites for hydroxylation is 1. The number of carbonyl (C=O) groups is 4. The van der Waals surface area contributed by atoms with Crippen molar-refractivity contribution in [3.8, 4) is 5.75 Å². The van der Waals surface area contributed by atoms with Gasteiger partial charge < -0.3 is 19.6 Å². The highest BCUT2D eigenvalue weighted by atomic mass is 16.5. The van der Waals surface area contributed by atoms with Crippen molar-refractivity contribution in [1.29, 1.82) is 0 Å². The fourth-order valence-corrected chi connectivity index (χ4v) is 6.62. The number of benzene rings is 1. The smallest absolute Gasteiger partial charge is 0.326 e. The summed E-state index contributed by atoms with van der Waals surface area (Å²) in [5.74, 6) is -1.68. The average molecular weight is 593 g/mol. The van der Waals surface area contributed by atoms with Gasteiger partial charge in [-0.3, -0.25) is 24.2 Å². The molecule has 4 amide bonds. The highest BCUT2D eigenvalue weighted by molar-refractivity contribution is 5.96. The summed E-state index contributed by atoms with van der Waals surface area (Å²) in [5.41, 5.74) is 2.75. The Kier molecular flexibility index (Phi) is 9.29. The number of likely N-dealkylation sites (tertiary alicyclic amines) is 1. The third-order valence-electron chi connectivity index (χ3n) is 8.95. The van der Waals surface area contributed by atoms with E-state index in [1.54, 1.807) is 11.9 Å². The number of carboxylic acid groups (broad SMARTS) is 1. The van der Waals surface area contributed by atoms with Crippen LogP contribution in [-0.4, -0.2) is 96.0 Å². The van der Waals surface area contributed by atoms with E-state index in [2.05, 4.69) is 6.92 Å². The van der Waals surface area contributed by atoms with E-state index in [0.717, 1.165) is 41.8 Å². The Morgan fingerprint density at radius 1 is 1.19 bits per heavy atom. The number of aromatic nitrogens is 1. The molecule has 4 heterocycles. The van der Waals surface area contributed by atoms with Gasteiger partial charge in [-0.15, -0.1) is 0 Å². The van der Waals surface area contributed by atoms with Crippen LogP contribution in [0.1, 0.15) is 49.7 Å². The number of ether oxygens (including phenoxy) is 1. The van der Waals surface area contributed by atoms with Crippen molar-refractivity contribution in [2.75, 3.05) is 51.3 Å². The lowest BCUT2D eigenvalue weighted by atomic mass is 9.83. The predicted molar refractivity (Wildman–Crippen MR) is 159 cm³/mol. The van der Waals surface area contributed by atoms with Crippen molar-refractivity contribution >= 4 is 29.5 Å². The maximum atomic E-state index is 14.0.